The molecule has 1 aliphatic rings. The van der Waals surface area contributed by atoms with E-state index in [1.165, 1.54) is 17.9 Å². The lowest BCUT2D eigenvalue weighted by molar-refractivity contribution is 0.587. The number of rotatable bonds is 1. The number of hydrogen-bond donors (Lipinski definition) is 0. The van der Waals surface area contributed by atoms with E-state index in [9.17, 15) is 0 Å². The van der Waals surface area contributed by atoms with Crippen molar-refractivity contribution in [2.24, 2.45) is 0 Å². The van der Waals surface area contributed by atoms with Gasteiger partial charge in [0.15, 0.2) is 0 Å². The molecule has 1 saturated heterocycles. The zero-order chi connectivity index (χ0) is 8.77. The monoisotopic (exact) mass is 163 g/mol. The predicted octanol–water partition coefficient (Wildman–Crippen LogP) is 1.73. The fraction of sp³-hybridized carbons (Fsp3) is 0.500. The molecule has 12 heavy (non-hydrogen) atoms. The molecule has 0 aliphatic carbocycles. The highest BCUT2D eigenvalue weighted by Crippen LogP contribution is 2.35. The molecule has 1 aliphatic heterocycles. The van der Waals surface area contributed by atoms with Gasteiger partial charge in [0, 0.05) is 11.8 Å². The Morgan fingerprint density at radius 1 is 1.58 bits per heavy atom. The maximum atomic E-state index is 4.43. The second kappa shape index (κ2) is 2.30. The molecule has 2 nitrogen and oxygen atoms in total. The third-order valence-corrected chi connectivity index (χ3v) is 2.95. The van der Waals surface area contributed by atoms with E-state index in [2.05, 4.69) is 31.9 Å². The Morgan fingerprint density at radius 3 is 2.75 bits per heavy atom. The van der Waals surface area contributed by atoms with Crippen LogP contribution < -0.4 is 4.48 Å². The largest absolute Gasteiger partial charge is 0.265 e. The van der Waals surface area contributed by atoms with Gasteiger partial charge in [-0.1, -0.05) is 6.07 Å². The number of aryl methyl sites for hydroxylation is 1. The van der Waals surface area contributed by atoms with Crippen molar-refractivity contribution < 1.29 is 0 Å². The number of quaternary nitrogens is 1. The summed E-state index contributed by atoms with van der Waals surface area (Å²) >= 11 is 0. The maximum Gasteiger partial charge on any atom is 0.230 e. The molecule has 2 atom stereocenters. The maximum absolute atomic E-state index is 4.43. The van der Waals surface area contributed by atoms with Crippen molar-refractivity contribution in [3.05, 3.63) is 23.9 Å². The summed E-state index contributed by atoms with van der Waals surface area (Å²) in [5.74, 6) is 1.24. The third-order valence-electron chi connectivity index (χ3n) is 2.95. The molecule has 0 bridgehead atoms. The summed E-state index contributed by atoms with van der Waals surface area (Å²) in [6, 6.07) is 4.88. The first kappa shape index (κ1) is 7.74. The first-order valence-electron chi connectivity index (χ1n) is 4.42. The summed E-state index contributed by atoms with van der Waals surface area (Å²) in [6.07, 6.45) is 1.89. The molecule has 0 aromatic carbocycles. The van der Waals surface area contributed by atoms with E-state index in [-0.39, 0.29) is 0 Å². The minimum absolute atomic E-state index is 0.749. The Kier molecular flexibility index (Phi) is 1.48. The van der Waals surface area contributed by atoms with Gasteiger partial charge in [-0.15, -0.1) is 0 Å². The average molecular weight is 163 g/mol. The minimum atomic E-state index is 0.749. The first-order valence-corrected chi connectivity index (χ1v) is 4.42. The van der Waals surface area contributed by atoms with E-state index >= 15 is 0 Å². The molecular weight excluding hydrogens is 148 g/mol. The van der Waals surface area contributed by atoms with E-state index in [1.54, 1.807) is 0 Å². The van der Waals surface area contributed by atoms with Gasteiger partial charge in [-0.25, -0.2) is 4.98 Å². The predicted molar refractivity (Wildman–Crippen MR) is 51.0 cm³/mol. The quantitative estimate of drug-likeness (QED) is 0.454. The molecule has 0 radical (unpaired) electrons. The fourth-order valence-electron chi connectivity index (χ4n) is 1.81. The standard InChI is InChI=1S/C10H15N2/c1-8-5-4-6-11-10(8)12(3)7-9(12)2/h4-6,9H,7H2,1-3H3/q+1. The zero-order valence-corrected chi connectivity index (χ0v) is 7.91. The van der Waals surface area contributed by atoms with Gasteiger partial charge in [0.2, 0.25) is 5.82 Å². The van der Waals surface area contributed by atoms with Crippen molar-refractivity contribution in [1.82, 2.24) is 9.47 Å². The highest BCUT2D eigenvalue weighted by molar-refractivity contribution is 5.47. The average Bonchev–Trinajstić information content (AvgIpc) is 2.61. The van der Waals surface area contributed by atoms with Crippen LogP contribution >= 0.6 is 0 Å². The Labute approximate surface area is 73.4 Å². The van der Waals surface area contributed by atoms with E-state index in [1.807, 2.05) is 12.3 Å². The van der Waals surface area contributed by atoms with Crippen molar-refractivity contribution in [2.75, 3.05) is 13.6 Å². The van der Waals surface area contributed by atoms with Gasteiger partial charge in [0.1, 0.15) is 12.6 Å². The second-order valence-corrected chi connectivity index (χ2v) is 3.94. The van der Waals surface area contributed by atoms with Crippen LogP contribution in [0.15, 0.2) is 18.3 Å². The molecule has 2 unspecified atom stereocenters. The van der Waals surface area contributed by atoms with Crippen LogP contribution in [0.4, 0.5) is 5.82 Å². The summed E-state index contributed by atoms with van der Waals surface area (Å²) in [6.45, 7) is 5.64. The van der Waals surface area contributed by atoms with Crippen molar-refractivity contribution in [3.63, 3.8) is 0 Å². The van der Waals surface area contributed by atoms with Crippen LogP contribution in [0.25, 0.3) is 0 Å². The highest BCUT2D eigenvalue weighted by Gasteiger charge is 2.51. The van der Waals surface area contributed by atoms with Crippen LogP contribution in [-0.4, -0.2) is 24.6 Å². The molecule has 0 N–H and O–H groups in total. The van der Waals surface area contributed by atoms with Crippen LogP contribution in [0.2, 0.25) is 0 Å². The molecule has 0 amide bonds. The van der Waals surface area contributed by atoms with E-state index < -0.39 is 0 Å². The lowest BCUT2D eigenvalue weighted by atomic mass is 10.3. The smallest absolute Gasteiger partial charge is 0.230 e. The Hall–Kier alpha value is -0.890. The summed E-state index contributed by atoms with van der Waals surface area (Å²) in [5, 5.41) is 0. The first-order chi connectivity index (χ1) is 5.64. The molecule has 2 heteroatoms. The topological polar surface area (TPSA) is 12.9 Å². The van der Waals surface area contributed by atoms with Crippen LogP contribution in [-0.2, 0) is 0 Å². The minimum Gasteiger partial charge on any atom is -0.265 e. The summed E-state index contributed by atoms with van der Waals surface area (Å²) in [7, 11) is 2.25. The van der Waals surface area contributed by atoms with E-state index in [0.717, 1.165) is 10.5 Å². The Bertz CT molecular complexity index is 308. The van der Waals surface area contributed by atoms with Crippen LogP contribution in [0.5, 0.6) is 0 Å². The summed E-state index contributed by atoms with van der Waals surface area (Å²) in [5.41, 5.74) is 1.31. The van der Waals surface area contributed by atoms with Gasteiger partial charge in [-0.2, -0.15) is 0 Å². The molecule has 1 fully saturated rings. The molecule has 2 rings (SSSR count). The SMILES string of the molecule is Cc1cccnc1[N+]1(C)CC1C. The highest BCUT2D eigenvalue weighted by atomic mass is 15.5. The Balaban J connectivity index is 2.41. The number of aromatic nitrogens is 1. The zero-order valence-electron chi connectivity index (χ0n) is 7.91. The Morgan fingerprint density at radius 2 is 2.25 bits per heavy atom. The third kappa shape index (κ3) is 0.950. The molecule has 1 aromatic heterocycles. The lowest BCUT2D eigenvalue weighted by Gasteiger charge is -2.13. The van der Waals surface area contributed by atoms with Gasteiger partial charge < -0.3 is 0 Å². The van der Waals surface area contributed by atoms with Crippen molar-refractivity contribution in [2.45, 2.75) is 19.9 Å². The molecule has 0 saturated carbocycles. The molecule has 2 heterocycles. The van der Waals surface area contributed by atoms with Crippen molar-refractivity contribution in [3.8, 4) is 0 Å². The fourth-order valence-corrected chi connectivity index (χ4v) is 1.81. The number of nitrogens with zero attached hydrogens (tertiary/aromatic N) is 2. The number of likely N-dealkylation sites (N-methyl/N-ethyl adjacent to an activating group) is 1. The summed E-state index contributed by atoms with van der Waals surface area (Å²) < 4.78 is 1.02. The number of hydrogen-bond acceptors (Lipinski definition) is 1. The van der Waals surface area contributed by atoms with E-state index in [0.29, 0.717) is 0 Å². The van der Waals surface area contributed by atoms with Crippen molar-refractivity contribution >= 4 is 5.82 Å². The lowest BCUT2D eigenvalue weighted by Crippen LogP contribution is -2.24. The van der Waals surface area contributed by atoms with E-state index in [4.69, 9.17) is 0 Å². The molecular formula is C10H15N2+. The molecule has 1 aromatic rings. The van der Waals surface area contributed by atoms with Gasteiger partial charge in [-0.3, -0.25) is 4.48 Å². The molecule has 0 spiro atoms. The molecule has 64 valence electrons. The van der Waals surface area contributed by atoms with Gasteiger partial charge >= 0.3 is 0 Å². The normalized spacial score (nSPS) is 33.4. The van der Waals surface area contributed by atoms with Crippen LogP contribution in [0.1, 0.15) is 12.5 Å². The van der Waals surface area contributed by atoms with Gasteiger partial charge in [0.05, 0.1) is 7.05 Å². The number of pyridine rings is 1. The second-order valence-electron chi connectivity index (χ2n) is 3.94. The van der Waals surface area contributed by atoms with Gasteiger partial charge in [-0.05, 0) is 19.9 Å². The van der Waals surface area contributed by atoms with Gasteiger partial charge in [0.25, 0.3) is 0 Å². The van der Waals surface area contributed by atoms with Crippen molar-refractivity contribution in [1.29, 1.82) is 0 Å². The van der Waals surface area contributed by atoms with Crippen LogP contribution in [0, 0.1) is 6.92 Å². The van der Waals surface area contributed by atoms with Crippen LogP contribution in [0.3, 0.4) is 0 Å². The summed E-state index contributed by atoms with van der Waals surface area (Å²) in [4.78, 5) is 4.43.